The molecule has 0 amide bonds. The van der Waals surface area contributed by atoms with Crippen LogP contribution >= 0.6 is 12.2 Å². The lowest BCUT2D eigenvalue weighted by Gasteiger charge is -1.78. The minimum atomic E-state index is -0.154. The average Bonchev–Trinajstić information content (AvgIpc) is 1.77. The molecular weight excluding hydrogens is 124 g/mol. The van der Waals surface area contributed by atoms with E-state index < -0.39 is 0 Å². The molecule has 0 atom stereocenters. The summed E-state index contributed by atoms with van der Waals surface area (Å²) in [6, 6.07) is 1.37. The van der Waals surface area contributed by atoms with Crippen LogP contribution in [0.25, 0.3) is 0 Å². The van der Waals surface area contributed by atoms with Crippen molar-refractivity contribution in [1.29, 1.82) is 0 Å². The van der Waals surface area contributed by atoms with E-state index in [1.807, 2.05) is 0 Å². The van der Waals surface area contributed by atoms with Gasteiger partial charge in [0.2, 0.25) is 5.43 Å². The minimum Gasteiger partial charge on any atom is -0.307 e. The van der Waals surface area contributed by atoms with Crippen LogP contribution in [0.4, 0.5) is 0 Å². The maximum Gasteiger partial charge on any atom is 0.216 e. The highest BCUT2D eigenvalue weighted by Gasteiger charge is 1.79. The highest BCUT2D eigenvalue weighted by atomic mass is 32.1. The van der Waals surface area contributed by atoms with E-state index in [0.29, 0.717) is 0 Å². The molecule has 0 bridgehead atoms. The topological polar surface area (TPSA) is 48.6 Å². The standard InChI is InChI=1S/C4H4N2OS/c7-3-1-2-5-6-4(3)8/h1-2H,(H,5,7)(H,6,8). The minimum absolute atomic E-state index is 0.154. The van der Waals surface area contributed by atoms with E-state index in [2.05, 4.69) is 22.4 Å². The van der Waals surface area contributed by atoms with Crippen molar-refractivity contribution < 1.29 is 0 Å². The largest absolute Gasteiger partial charge is 0.307 e. The van der Waals surface area contributed by atoms with Gasteiger partial charge in [-0.1, -0.05) is 12.2 Å². The SMILES string of the molecule is O=c1cc[nH][nH]c1=S. The molecule has 1 aromatic rings. The average molecular weight is 128 g/mol. The first kappa shape index (κ1) is 5.24. The summed E-state index contributed by atoms with van der Waals surface area (Å²) in [5, 5.41) is 5.05. The van der Waals surface area contributed by atoms with Crippen LogP contribution in [0.1, 0.15) is 0 Å². The van der Waals surface area contributed by atoms with Crippen LogP contribution in [0, 0.1) is 4.64 Å². The molecule has 1 heterocycles. The Bertz CT molecular complexity index is 245. The first-order chi connectivity index (χ1) is 3.80. The second-order valence-corrected chi connectivity index (χ2v) is 1.70. The van der Waals surface area contributed by atoms with E-state index in [9.17, 15) is 4.79 Å². The molecule has 0 aliphatic rings. The number of aromatic nitrogens is 2. The Hall–Kier alpha value is -0.900. The lowest BCUT2D eigenvalue weighted by molar-refractivity contribution is 1.00. The Balaban J connectivity index is 3.59. The van der Waals surface area contributed by atoms with Gasteiger partial charge in [0.05, 0.1) is 0 Å². The third-order valence-electron chi connectivity index (χ3n) is 0.728. The van der Waals surface area contributed by atoms with Gasteiger partial charge in [-0.3, -0.25) is 9.89 Å². The van der Waals surface area contributed by atoms with E-state index in [-0.39, 0.29) is 10.1 Å². The van der Waals surface area contributed by atoms with Gasteiger partial charge in [-0.15, -0.1) is 0 Å². The zero-order valence-electron chi connectivity index (χ0n) is 3.97. The first-order valence-corrected chi connectivity index (χ1v) is 2.48. The number of nitrogens with one attached hydrogen (secondary N) is 2. The molecular formula is C4H4N2OS. The Morgan fingerprint density at radius 2 is 2.38 bits per heavy atom. The van der Waals surface area contributed by atoms with E-state index in [0.717, 1.165) is 0 Å². The van der Waals surface area contributed by atoms with Gasteiger partial charge < -0.3 is 5.10 Å². The molecule has 0 aliphatic carbocycles. The maximum atomic E-state index is 10.5. The zero-order valence-corrected chi connectivity index (χ0v) is 4.79. The van der Waals surface area contributed by atoms with Crippen molar-refractivity contribution in [1.82, 2.24) is 10.2 Å². The normalized spacial score (nSPS) is 9.00. The van der Waals surface area contributed by atoms with Crippen molar-refractivity contribution in [3.05, 3.63) is 27.1 Å². The predicted octanol–water partition coefficient (Wildman–Crippen LogP) is 0.432. The second-order valence-electron chi connectivity index (χ2n) is 1.30. The number of hydrogen-bond donors (Lipinski definition) is 2. The summed E-state index contributed by atoms with van der Waals surface area (Å²) in [5.41, 5.74) is -0.154. The molecule has 0 saturated carbocycles. The van der Waals surface area contributed by atoms with Gasteiger partial charge in [0.1, 0.15) is 0 Å². The molecule has 0 aliphatic heterocycles. The van der Waals surface area contributed by atoms with Crippen LogP contribution in [0.5, 0.6) is 0 Å². The Morgan fingerprint density at radius 3 is 2.75 bits per heavy atom. The summed E-state index contributed by atoms with van der Waals surface area (Å²) in [6.07, 6.45) is 1.50. The van der Waals surface area contributed by atoms with Crippen LogP contribution < -0.4 is 5.43 Å². The van der Waals surface area contributed by atoms with E-state index in [1.54, 1.807) is 0 Å². The van der Waals surface area contributed by atoms with Gasteiger partial charge in [-0.25, -0.2) is 0 Å². The molecule has 42 valence electrons. The lowest BCUT2D eigenvalue weighted by Crippen LogP contribution is -2.00. The van der Waals surface area contributed by atoms with Gasteiger partial charge in [0.15, 0.2) is 4.64 Å². The van der Waals surface area contributed by atoms with Crippen molar-refractivity contribution in [2.75, 3.05) is 0 Å². The molecule has 1 rings (SSSR count). The van der Waals surface area contributed by atoms with Crippen LogP contribution in [0.3, 0.4) is 0 Å². The smallest absolute Gasteiger partial charge is 0.216 e. The van der Waals surface area contributed by atoms with Crippen LogP contribution in [0.2, 0.25) is 0 Å². The van der Waals surface area contributed by atoms with Crippen LogP contribution in [-0.2, 0) is 0 Å². The summed E-state index contributed by atoms with van der Waals surface area (Å²) in [6.45, 7) is 0. The van der Waals surface area contributed by atoms with E-state index in [1.165, 1.54) is 12.3 Å². The van der Waals surface area contributed by atoms with Gasteiger partial charge in [-0.2, -0.15) is 0 Å². The van der Waals surface area contributed by atoms with Crippen molar-refractivity contribution in [3.63, 3.8) is 0 Å². The predicted molar refractivity (Wildman–Crippen MR) is 32.2 cm³/mol. The van der Waals surface area contributed by atoms with Gasteiger partial charge in [0, 0.05) is 12.3 Å². The zero-order chi connectivity index (χ0) is 5.98. The molecule has 0 aromatic carbocycles. The van der Waals surface area contributed by atoms with Gasteiger partial charge >= 0.3 is 0 Å². The molecule has 0 spiro atoms. The molecule has 8 heavy (non-hydrogen) atoms. The number of hydrogen-bond acceptors (Lipinski definition) is 2. The van der Waals surface area contributed by atoms with Crippen molar-refractivity contribution in [2.24, 2.45) is 0 Å². The summed E-state index contributed by atoms with van der Waals surface area (Å²) in [7, 11) is 0. The molecule has 0 unspecified atom stereocenters. The fourth-order valence-electron chi connectivity index (χ4n) is 0.362. The molecule has 3 nitrogen and oxygen atoms in total. The Labute approximate surface area is 50.4 Å². The lowest BCUT2D eigenvalue weighted by atomic mass is 10.6. The Morgan fingerprint density at radius 1 is 1.62 bits per heavy atom. The third kappa shape index (κ3) is 0.840. The summed E-state index contributed by atoms with van der Waals surface area (Å²) in [5.74, 6) is 0. The van der Waals surface area contributed by atoms with Crippen molar-refractivity contribution in [3.8, 4) is 0 Å². The maximum absolute atomic E-state index is 10.5. The molecule has 0 saturated heterocycles. The molecule has 0 fully saturated rings. The molecule has 0 radical (unpaired) electrons. The monoisotopic (exact) mass is 128 g/mol. The van der Waals surface area contributed by atoms with E-state index >= 15 is 0 Å². The van der Waals surface area contributed by atoms with Crippen LogP contribution in [-0.4, -0.2) is 10.2 Å². The quantitative estimate of drug-likeness (QED) is 0.498. The van der Waals surface area contributed by atoms with Gasteiger partial charge in [-0.05, 0) is 0 Å². The first-order valence-electron chi connectivity index (χ1n) is 2.07. The molecule has 1 aromatic heterocycles. The Kier molecular flexibility index (Phi) is 1.26. The number of H-pyrrole nitrogens is 2. The highest BCUT2D eigenvalue weighted by molar-refractivity contribution is 7.71. The van der Waals surface area contributed by atoms with E-state index in [4.69, 9.17) is 0 Å². The van der Waals surface area contributed by atoms with Crippen molar-refractivity contribution in [2.45, 2.75) is 0 Å². The summed E-state index contributed by atoms with van der Waals surface area (Å²) in [4.78, 5) is 10.5. The fraction of sp³-hybridized carbons (Fsp3) is 0. The second kappa shape index (κ2) is 1.92. The fourth-order valence-corrected chi connectivity index (χ4v) is 0.489. The highest BCUT2D eigenvalue weighted by Crippen LogP contribution is 1.66. The summed E-state index contributed by atoms with van der Waals surface area (Å²) >= 11 is 4.55. The summed E-state index contributed by atoms with van der Waals surface area (Å²) < 4.78 is 0.215. The third-order valence-corrected chi connectivity index (χ3v) is 1.03. The number of rotatable bonds is 0. The molecule has 2 N–H and O–H groups in total. The molecule has 4 heteroatoms. The number of aromatic amines is 2. The van der Waals surface area contributed by atoms with Crippen LogP contribution in [0.15, 0.2) is 17.1 Å². The van der Waals surface area contributed by atoms with Gasteiger partial charge in [0.25, 0.3) is 0 Å². The van der Waals surface area contributed by atoms with Crippen molar-refractivity contribution >= 4 is 12.2 Å².